The molecule has 0 radical (unpaired) electrons. The van der Waals surface area contributed by atoms with Crippen LogP contribution in [0, 0.1) is 0 Å². The number of hydrogen-bond acceptors (Lipinski definition) is 2. The third-order valence-electron chi connectivity index (χ3n) is 3.39. The van der Waals surface area contributed by atoms with Crippen molar-refractivity contribution in [2.75, 3.05) is 5.32 Å². The Morgan fingerprint density at radius 1 is 1.19 bits per heavy atom. The van der Waals surface area contributed by atoms with Gasteiger partial charge in [0.2, 0.25) is 0 Å². The standard InChI is InChI=1S/C17H19BrN2S/c1-11(2)13-8-6-12(7-9-13)10-20-15-5-3-4-14(18)16(15)17(19)21/h3-9,11,20H,10H2,1-2H3,(H2,19,21). The summed E-state index contributed by atoms with van der Waals surface area (Å²) >= 11 is 8.61. The van der Waals surface area contributed by atoms with Gasteiger partial charge in [-0.3, -0.25) is 0 Å². The van der Waals surface area contributed by atoms with Gasteiger partial charge in [0.15, 0.2) is 0 Å². The first-order valence-electron chi connectivity index (χ1n) is 6.90. The van der Waals surface area contributed by atoms with E-state index in [4.69, 9.17) is 18.0 Å². The lowest BCUT2D eigenvalue weighted by Crippen LogP contribution is -2.14. The van der Waals surface area contributed by atoms with Crippen LogP contribution in [-0.4, -0.2) is 4.99 Å². The lowest BCUT2D eigenvalue weighted by atomic mass is 10.0. The van der Waals surface area contributed by atoms with Crippen molar-refractivity contribution in [2.24, 2.45) is 5.73 Å². The van der Waals surface area contributed by atoms with Crippen LogP contribution in [0.5, 0.6) is 0 Å². The molecule has 0 saturated carbocycles. The Kier molecular flexibility index (Phi) is 5.37. The average Bonchev–Trinajstić information content (AvgIpc) is 2.45. The fourth-order valence-corrected chi connectivity index (χ4v) is 3.07. The molecule has 0 heterocycles. The van der Waals surface area contributed by atoms with Gasteiger partial charge in [-0.25, -0.2) is 0 Å². The normalized spacial score (nSPS) is 10.7. The molecule has 0 atom stereocenters. The zero-order valence-electron chi connectivity index (χ0n) is 12.2. The maximum absolute atomic E-state index is 5.80. The fourth-order valence-electron chi connectivity index (χ4n) is 2.14. The molecule has 0 aliphatic rings. The molecule has 0 amide bonds. The van der Waals surface area contributed by atoms with Gasteiger partial charge in [-0.2, -0.15) is 0 Å². The van der Waals surface area contributed by atoms with Crippen LogP contribution < -0.4 is 11.1 Å². The average molecular weight is 363 g/mol. The molecule has 0 saturated heterocycles. The van der Waals surface area contributed by atoms with Crippen molar-refractivity contribution in [3.8, 4) is 0 Å². The molecule has 2 nitrogen and oxygen atoms in total. The number of rotatable bonds is 5. The molecule has 4 heteroatoms. The minimum atomic E-state index is 0.389. The van der Waals surface area contributed by atoms with Crippen LogP contribution in [0.4, 0.5) is 5.69 Å². The molecule has 2 aromatic rings. The highest BCUT2D eigenvalue weighted by Crippen LogP contribution is 2.25. The molecular formula is C17H19BrN2S. The van der Waals surface area contributed by atoms with E-state index in [1.54, 1.807) is 0 Å². The van der Waals surface area contributed by atoms with Gasteiger partial charge in [-0.05, 0) is 45.1 Å². The SMILES string of the molecule is CC(C)c1ccc(CNc2cccc(Br)c2C(N)=S)cc1. The van der Waals surface area contributed by atoms with Gasteiger partial charge < -0.3 is 11.1 Å². The molecular weight excluding hydrogens is 344 g/mol. The Hall–Kier alpha value is -1.39. The summed E-state index contributed by atoms with van der Waals surface area (Å²) in [6.07, 6.45) is 0. The predicted octanol–water partition coefficient (Wildman–Crippen LogP) is 4.82. The Morgan fingerprint density at radius 3 is 2.43 bits per heavy atom. The van der Waals surface area contributed by atoms with Gasteiger partial charge in [-0.1, -0.05) is 56.4 Å². The molecule has 110 valence electrons. The van der Waals surface area contributed by atoms with Crippen molar-refractivity contribution >= 4 is 38.8 Å². The highest BCUT2D eigenvalue weighted by Gasteiger charge is 2.09. The number of halogens is 1. The lowest BCUT2D eigenvalue weighted by Gasteiger charge is -2.13. The van der Waals surface area contributed by atoms with Crippen molar-refractivity contribution < 1.29 is 0 Å². The van der Waals surface area contributed by atoms with Crippen molar-refractivity contribution in [2.45, 2.75) is 26.3 Å². The van der Waals surface area contributed by atoms with Gasteiger partial charge in [-0.15, -0.1) is 0 Å². The topological polar surface area (TPSA) is 38.0 Å². The molecule has 2 aromatic carbocycles. The summed E-state index contributed by atoms with van der Waals surface area (Å²) in [7, 11) is 0. The first kappa shape index (κ1) is 16.0. The van der Waals surface area contributed by atoms with E-state index in [1.165, 1.54) is 11.1 Å². The van der Waals surface area contributed by atoms with Crippen LogP contribution >= 0.6 is 28.1 Å². The Morgan fingerprint density at radius 2 is 1.86 bits per heavy atom. The summed E-state index contributed by atoms with van der Waals surface area (Å²) in [6.45, 7) is 5.14. The van der Waals surface area contributed by atoms with Gasteiger partial charge in [0.1, 0.15) is 4.99 Å². The van der Waals surface area contributed by atoms with Crippen LogP contribution in [0.1, 0.15) is 36.5 Å². The molecule has 0 spiro atoms. The Labute approximate surface area is 139 Å². The maximum atomic E-state index is 5.80. The summed E-state index contributed by atoms with van der Waals surface area (Å²) in [5, 5.41) is 3.40. The predicted molar refractivity (Wildman–Crippen MR) is 97.9 cm³/mol. The van der Waals surface area contributed by atoms with Crippen LogP contribution in [0.3, 0.4) is 0 Å². The summed E-state index contributed by atoms with van der Waals surface area (Å²) in [5.74, 6) is 0.554. The van der Waals surface area contributed by atoms with E-state index in [2.05, 4.69) is 59.4 Å². The van der Waals surface area contributed by atoms with Crippen molar-refractivity contribution in [1.82, 2.24) is 0 Å². The molecule has 21 heavy (non-hydrogen) atoms. The summed E-state index contributed by atoms with van der Waals surface area (Å²) in [5.41, 5.74) is 10.2. The van der Waals surface area contributed by atoms with E-state index in [1.807, 2.05) is 18.2 Å². The molecule has 0 aliphatic heterocycles. The third kappa shape index (κ3) is 4.05. The third-order valence-corrected chi connectivity index (χ3v) is 4.25. The molecule has 3 N–H and O–H groups in total. The first-order valence-corrected chi connectivity index (χ1v) is 8.10. The molecule has 0 aromatic heterocycles. The van der Waals surface area contributed by atoms with E-state index in [-0.39, 0.29) is 0 Å². The molecule has 2 rings (SSSR count). The molecule has 0 aliphatic carbocycles. The van der Waals surface area contributed by atoms with Crippen LogP contribution in [0.15, 0.2) is 46.9 Å². The van der Waals surface area contributed by atoms with Crippen molar-refractivity contribution in [3.63, 3.8) is 0 Å². The molecule has 0 bridgehead atoms. The van der Waals surface area contributed by atoms with E-state index >= 15 is 0 Å². The van der Waals surface area contributed by atoms with E-state index < -0.39 is 0 Å². The fraction of sp³-hybridized carbons (Fsp3) is 0.235. The molecule has 0 fully saturated rings. The summed E-state index contributed by atoms with van der Waals surface area (Å²) < 4.78 is 0.912. The number of anilines is 1. The summed E-state index contributed by atoms with van der Waals surface area (Å²) in [4.78, 5) is 0.389. The van der Waals surface area contributed by atoms with Gasteiger partial charge in [0.05, 0.1) is 0 Å². The number of hydrogen-bond donors (Lipinski definition) is 2. The van der Waals surface area contributed by atoms with E-state index in [0.717, 1.165) is 22.3 Å². The van der Waals surface area contributed by atoms with Gasteiger partial charge in [0, 0.05) is 22.3 Å². The van der Waals surface area contributed by atoms with E-state index in [0.29, 0.717) is 10.9 Å². The zero-order chi connectivity index (χ0) is 15.4. The zero-order valence-corrected chi connectivity index (χ0v) is 14.6. The second-order valence-electron chi connectivity index (χ2n) is 5.28. The van der Waals surface area contributed by atoms with Crippen LogP contribution in [-0.2, 0) is 6.54 Å². The largest absolute Gasteiger partial charge is 0.389 e. The number of nitrogens with one attached hydrogen (secondary N) is 1. The Bertz CT molecular complexity index is 636. The number of nitrogens with two attached hydrogens (primary N) is 1. The minimum absolute atomic E-state index is 0.389. The summed E-state index contributed by atoms with van der Waals surface area (Å²) in [6, 6.07) is 14.6. The van der Waals surface area contributed by atoms with Crippen LogP contribution in [0.2, 0.25) is 0 Å². The number of benzene rings is 2. The highest BCUT2D eigenvalue weighted by molar-refractivity contribution is 9.10. The van der Waals surface area contributed by atoms with Crippen molar-refractivity contribution in [3.05, 3.63) is 63.6 Å². The van der Waals surface area contributed by atoms with Crippen molar-refractivity contribution in [1.29, 1.82) is 0 Å². The van der Waals surface area contributed by atoms with E-state index in [9.17, 15) is 0 Å². The first-order chi connectivity index (χ1) is 9.99. The highest BCUT2D eigenvalue weighted by atomic mass is 79.9. The minimum Gasteiger partial charge on any atom is -0.389 e. The quantitative estimate of drug-likeness (QED) is 0.748. The van der Waals surface area contributed by atoms with Gasteiger partial charge in [0.25, 0.3) is 0 Å². The second kappa shape index (κ2) is 7.05. The second-order valence-corrected chi connectivity index (χ2v) is 6.57. The number of thiocarbonyl (C=S) groups is 1. The Balaban J connectivity index is 2.13. The lowest BCUT2D eigenvalue weighted by molar-refractivity contribution is 0.865. The van der Waals surface area contributed by atoms with Gasteiger partial charge >= 0.3 is 0 Å². The smallest absolute Gasteiger partial charge is 0.107 e. The molecule has 0 unspecified atom stereocenters. The maximum Gasteiger partial charge on any atom is 0.107 e. The monoisotopic (exact) mass is 362 g/mol. The van der Waals surface area contributed by atoms with Crippen LogP contribution in [0.25, 0.3) is 0 Å².